The Morgan fingerprint density at radius 1 is 1.53 bits per heavy atom. The number of fused-ring (bicyclic) bond motifs is 1. The molecule has 2 heterocycles. The smallest absolute Gasteiger partial charge is 0.275 e. The number of carbonyl (C=O) groups excluding carboxylic acids is 1. The molecule has 1 saturated heterocycles. The Morgan fingerprint density at radius 2 is 2.37 bits per heavy atom. The van der Waals surface area contributed by atoms with Gasteiger partial charge >= 0.3 is 0 Å². The lowest BCUT2D eigenvalue weighted by atomic mass is 10.2. The van der Waals surface area contributed by atoms with Crippen molar-refractivity contribution in [2.45, 2.75) is 6.10 Å². The highest BCUT2D eigenvalue weighted by Gasteiger charge is 2.27. The average Bonchev–Trinajstić information content (AvgIpc) is 2.90. The van der Waals surface area contributed by atoms with Crippen LogP contribution in [0.2, 0.25) is 0 Å². The Bertz CT molecular complexity index is 658. The molecular weight excluding hydrogens is 244 g/mol. The molecule has 1 fully saturated rings. The van der Waals surface area contributed by atoms with Crippen LogP contribution >= 0.6 is 0 Å². The third kappa shape index (κ3) is 2.04. The number of amides is 1. The first-order chi connectivity index (χ1) is 9.29. The molecule has 1 aliphatic heterocycles. The van der Waals surface area contributed by atoms with Gasteiger partial charge in [0.25, 0.3) is 5.91 Å². The van der Waals surface area contributed by atoms with E-state index >= 15 is 0 Å². The van der Waals surface area contributed by atoms with E-state index in [0.29, 0.717) is 18.8 Å². The number of aromatic nitrogens is 2. The number of nitriles is 1. The fourth-order valence-corrected chi connectivity index (χ4v) is 2.19. The summed E-state index contributed by atoms with van der Waals surface area (Å²) in [5.41, 5.74) is 1.23. The van der Waals surface area contributed by atoms with Gasteiger partial charge in [0.2, 0.25) is 0 Å². The summed E-state index contributed by atoms with van der Waals surface area (Å²) in [6, 6.07) is 9.51. The molecule has 0 spiro atoms. The minimum absolute atomic E-state index is 0.166. The monoisotopic (exact) mass is 256 g/mol. The van der Waals surface area contributed by atoms with Crippen LogP contribution in [-0.4, -0.2) is 46.8 Å². The lowest BCUT2D eigenvalue weighted by Crippen LogP contribution is -2.45. The lowest BCUT2D eigenvalue weighted by molar-refractivity contribution is 0.00329. The summed E-state index contributed by atoms with van der Waals surface area (Å²) >= 11 is 0. The predicted octanol–water partition coefficient (Wildman–Crippen LogP) is 0.927. The van der Waals surface area contributed by atoms with Gasteiger partial charge < -0.3 is 9.64 Å². The van der Waals surface area contributed by atoms with Gasteiger partial charge in [-0.05, 0) is 6.07 Å². The number of nitrogens with zero attached hydrogens (tertiary/aromatic N) is 3. The Balaban J connectivity index is 1.90. The van der Waals surface area contributed by atoms with E-state index in [1.165, 1.54) is 0 Å². The maximum absolute atomic E-state index is 12.4. The third-order valence-electron chi connectivity index (χ3n) is 3.17. The predicted molar refractivity (Wildman–Crippen MR) is 67.4 cm³/mol. The van der Waals surface area contributed by atoms with E-state index < -0.39 is 6.10 Å². The molecule has 2 aromatic rings. The molecule has 0 radical (unpaired) electrons. The van der Waals surface area contributed by atoms with Crippen molar-refractivity contribution >= 4 is 16.8 Å². The first-order valence-electron chi connectivity index (χ1n) is 6.03. The van der Waals surface area contributed by atoms with E-state index in [9.17, 15) is 4.79 Å². The molecule has 0 bridgehead atoms. The van der Waals surface area contributed by atoms with Crippen molar-refractivity contribution in [3.05, 3.63) is 30.0 Å². The van der Waals surface area contributed by atoms with Gasteiger partial charge in [0.1, 0.15) is 0 Å². The first-order valence-corrected chi connectivity index (χ1v) is 6.03. The molecule has 1 N–H and O–H groups in total. The van der Waals surface area contributed by atoms with E-state index in [4.69, 9.17) is 10.00 Å². The number of morpholine rings is 1. The summed E-state index contributed by atoms with van der Waals surface area (Å²) in [4.78, 5) is 14.0. The maximum atomic E-state index is 12.4. The van der Waals surface area contributed by atoms with Gasteiger partial charge in [0.15, 0.2) is 11.8 Å². The number of carbonyl (C=O) groups is 1. The minimum Gasteiger partial charge on any atom is -0.360 e. The van der Waals surface area contributed by atoms with Crippen LogP contribution in [0, 0.1) is 11.3 Å². The first kappa shape index (κ1) is 11.7. The number of hydrogen-bond acceptors (Lipinski definition) is 4. The molecule has 19 heavy (non-hydrogen) atoms. The molecule has 1 atom stereocenters. The number of benzene rings is 1. The van der Waals surface area contributed by atoms with Crippen LogP contribution in [0.25, 0.3) is 10.9 Å². The molecule has 0 aliphatic carbocycles. The summed E-state index contributed by atoms with van der Waals surface area (Å²) in [7, 11) is 0. The summed E-state index contributed by atoms with van der Waals surface area (Å²) in [6.45, 7) is 1.15. The van der Waals surface area contributed by atoms with Gasteiger partial charge in [0, 0.05) is 11.9 Å². The summed E-state index contributed by atoms with van der Waals surface area (Å²) in [6.07, 6.45) is -0.553. The molecule has 1 amide bonds. The molecule has 6 nitrogen and oxygen atoms in total. The largest absolute Gasteiger partial charge is 0.360 e. The molecule has 96 valence electrons. The summed E-state index contributed by atoms with van der Waals surface area (Å²) in [5, 5.41) is 16.6. The molecule has 1 aromatic heterocycles. The zero-order valence-corrected chi connectivity index (χ0v) is 10.2. The Labute approximate surface area is 109 Å². The van der Waals surface area contributed by atoms with Crippen LogP contribution in [0.4, 0.5) is 0 Å². The molecule has 6 heteroatoms. The standard InChI is InChI=1S/C13H12N4O2/c14-7-9-8-17(5-6-19-9)13(18)12-10-3-1-2-4-11(10)15-16-12/h1-4,9H,5-6,8H2,(H,15,16). The van der Waals surface area contributed by atoms with Crippen molar-refractivity contribution < 1.29 is 9.53 Å². The van der Waals surface area contributed by atoms with Crippen molar-refractivity contribution in [3.8, 4) is 6.07 Å². The second kappa shape index (κ2) is 4.71. The van der Waals surface area contributed by atoms with Gasteiger partial charge in [-0.25, -0.2) is 0 Å². The van der Waals surface area contributed by atoms with E-state index in [0.717, 1.165) is 10.9 Å². The van der Waals surface area contributed by atoms with Crippen molar-refractivity contribution in [1.29, 1.82) is 5.26 Å². The average molecular weight is 256 g/mol. The van der Waals surface area contributed by atoms with Crippen LogP contribution in [0.3, 0.4) is 0 Å². The van der Waals surface area contributed by atoms with Crippen molar-refractivity contribution in [2.24, 2.45) is 0 Å². The fraction of sp³-hybridized carbons (Fsp3) is 0.308. The number of nitrogens with one attached hydrogen (secondary N) is 1. The van der Waals surface area contributed by atoms with Crippen molar-refractivity contribution in [1.82, 2.24) is 15.1 Å². The molecule has 0 saturated carbocycles. The van der Waals surface area contributed by atoms with E-state index in [2.05, 4.69) is 10.2 Å². The fourth-order valence-electron chi connectivity index (χ4n) is 2.19. The summed E-state index contributed by atoms with van der Waals surface area (Å²) < 4.78 is 5.23. The molecular formula is C13H12N4O2. The zero-order chi connectivity index (χ0) is 13.2. The number of aromatic amines is 1. The third-order valence-corrected chi connectivity index (χ3v) is 3.17. The van der Waals surface area contributed by atoms with E-state index in [1.54, 1.807) is 4.90 Å². The van der Waals surface area contributed by atoms with Gasteiger partial charge in [-0.3, -0.25) is 9.89 Å². The second-order valence-electron chi connectivity index (χ2n) is 4.36. The highest BCUT2D eigenvalue weighted by atomic mass is 16.5. The molecule has 1 aliphatic rings. The molecule has 1 aromatic carbocycles. The number of H-pyrrole nitrogens is 1. The Hall–Kier alpha value is -2.39. The Kier molecular flexibility index (Phi) is 2.89. The van der Waals surface area contributed by atoms with E-state index in [-0.39, 0.29) is 12.5 Å². The quantitative estimate of drug-likeness (QED) is 0.822. The van der Waals surface area contributed by atoms with Crippen molar-refractivity contribution in [3.63, 3.8) is 0 Å². The highest BCUT2D eigenvalue weighted by molar-refractivity contribution is 6.04. The number of para-hydroxylation sites is 1. The topological polar surface area (TPSA) is 82.0 Å². The number of rotatable bonds is 1. The van der Waals surface area contributed by atoms with Gasteiger partial charge in [-0.15, -0.1) is 0 Å². The molecule has 3 rings (SSSR count). The summed E-state index contributed by atoms with van der Waals surface area (Å²) in [5.74, 6) is -0.166. The lowest BCUT2D eigenvalue weighted by Gasteiger charge is -2.29. The molecule has 1 unspecified atom stereocenters. The van der Waals surface area contributed by atoms with Gasteiger partial charge in [-0.2, -0.15) is 10.4 Å². The van der Waals surface area contributed by atoms with Crippen LogP contribution in [0.15, 0.2) is 24.3 Å². The maximum Gasteiger partial charge on any atom is 0.275 e. The van der Waals surface area contributed by atoms with Gasteiger partial charge in [-0.1, -0.05) is 18.2 Å². The van der Waals surface area contributed by atoms with Crippen LogP contribution in [0.5, 0.6) is 0 Å². The van der Waals surface area contributed by atoms with Gasteiger partial charge in [0.05, 0.1) is 24.7 Å². The SMILES string of the molecule is N#CC1CN(C(=O)c2n[nH]c3ccccc23)CCO1. The second-order valence-corrected chi connectivity index (χ2v) is 4.36. The Morgan fingerprint density at radius 3 is 3.21 bits per heavy atom. The normalized spacial score (nSPS) is 19.3. The van der Waals surface area contributed by atoms with E-state index in [1.807, 2.05) is 30.3 Å². The highest BCUT2D eigenvalue weighted by Crippen LogP contribution is 2.18. The number of ether oxygens (including phenoxy) is 1. The van der Waals surface area contributed by atoms with Crippen molar-refractivity contribution in [2.75, 3.05) is 19.7 Å². The minimum atomic E-state index is -0.553. The van der Waals surface area contributed by atoms with Crippen LogP contribution in [0.1, 0.15) is 10.5 Å². The van der Waals surface area contributed by atoms with Crippen LogP contribution < -0.4 is 0 Å². The van der Waals surface area contributed by atoms with Crippen LogP contribution in [-0.2, 0) is 4.74 Å². The number of hydrogen-bond donors (Lipinski definition) is 1. The zero-order valence-electron chi connectivity index (χ0n) is 10.2.